The summed E-state index contributed by atoms with van der Waals surface area (Å²) in [4.78, 5) is 16.7. The van der Waals surface area contributed by atoms with Gasteiger partial charge in [0.05, 0.1) is 10.5 Å². The molecule has 1 saturated heterocycles. The number of hydrogen-bond acceptors (Lipinski definition) is 7. The Hall–Kier alpha value is -2.81. The van der Waals surface area contributed by atoms with Gasteiger partial charge in [0, 0.05) is 36.3 Å². The van der Waals surface area contributed by atoms with Crippen molar-refractivity contribution >= 4 is 32.3 Å². The van der Waals surface area contributed by atoms with Crippen molar-refractivity contribution in [3.05, 3.63) is 29.5 Å². The number of hydrogen-bond donors (Lipinski definition) is 3. The molecule has 15 heteroatoms. The summed E-state index contributed by atoms with van der Waals surface area (Å²) in [5.41, 5.74) is -0.682. The van der Waals surface area contributed by atoms with Crippen LogP contribution in [0.3, 0.4) is 0 Å². The average Bonchev–Trinajstić information content (AvgIpc) is 2.71. The van der Waals surface area contributed by atoms with Crippen molar-refractivity contribution in [1.29, 1.82) is 0 Å². The van der Waals surface area contributed by atoms with Crippen LogP contribution in [0.15, 0.2) is 18.2 Å². The van der Waals surface area contributed by atoms with Crippen molar-refractivity contribution in [1.82, 2.24) is 15.6 Å². The largest absolute Gasteiger partial charge is 0.573 e. The standard InChI is InChI=1S/C21H24F6N4O4S/c1-11-4-15(18(32)28-7-13-8-36(33,34)19(2,3)9-29-13)31-17-14(11)5-12(30-10-20(22,23)24)6-16(17)35-21(25,26)27/h4-6,13,29-30H,7-10H2,1-3H3,(H,28,32). The Morgan fingerprint density at radius 2 is 1.86 bits per heavy atom. The number of carbonyl (C=O) groups excluding carboxylic acids is 1. The molecular weight excluding hydrogens is 518 g/mol. The second-order valence-corrected chi connectivity index (χ2v) is 11.7. The molecule has 0 bridgehead atoms. The molecule has 3 N–H and O–H groups in total. The zero-order valence-electron chi connectivity index (χ0n) is 19.4. The number of nitrogens with one attached hydrogen (secondary N) is 3. The van der Waals surface area contributed by atoms with Gasteiger partial charge in [0.1, 0.15) is 17.8 Å². The summed E-state index contributed by atoms with van der Waals surface area (Å²) >= 11 is 0. The van der Waals surface area contributed by atoms with Gasteiger partial charge in [-0.1, -0.05) is 0 Å². The fourth-order valence-electron chi connectivity index (χ4n) is 3.57. The van der Waals surface area contributed by atoms with Crippen molar-refractivity contribution in [3.63, 3.8) is 0 Å². The molecule has 1 aliphatic heterocycles. The van der Waals surface area contributed by atoms with Crippen LogP contribution >= 0.6 is 0 Å². The number of nitrogens with zero attached hydrogens (tertiary/aromatic N) is 1. The molecule has 1 fully saturated rings. The fraction of sp³-hybridized carbons (Fsp3) is 0.524. The van der Waals surface area contributed by atoms with Gasteiger partial charge < -0.3 is 20.7 Å². The van der Waals surface area contributed by atoms with Crippen LogP contribution in [0.1, 0.15) is 29.9 Å². The van der Waals surface area contributed by atoms with E-state index in [0.717, 1.165) is 0 Å². The average molecular weight is 543 g/mol. The van der Waals surface area contributed by atoms with Gasteiger partial charge in [0.25, 0.3) is 5.91 Å². The Labute approximate surface area is 202 Å². The zero-order valence-corrected chi connectivity index (χ0v) is 20.2. The molecule has 8 nitrogen and oxygen atoms in total. The zero-order chi connectivity index (χ0) is 27.1. The van der Waals surface area contributed by atoms with E-state index < -0.39 is 51.4 Å². The minimum Gasteiger partial charge on any atom is -0.403 e. The van der Waals surface area contributed by atoms with Gasteiger partial charge in [-0.05, 0) is 38.5 Å². The lowest BCUT2D eigenvalue weighted by atomic mass is 10.1. The maximum atomic E-state index is 13.0. The van der Waals surface area contributed by atoms with E-state index in [0.29, 0.717) is 6.07 Å². The third kappa shape index (κ3) is 6.69. The summed E-state index contributed by atoms with van der Waals surface area (Å²) in [5.74, 6) is -1.88. The van der Waals surface area contributed by atoms with Crippen molar-refractivity contribution in [2.75, 3.05) is 30.7 Å². The molecule has 1 atom stereocenters. The Kier molecular flexibility index (Phi) is 7.39. The number of benzene rings is 1. The normalized spacial score (nSPS) is 19.6. The van der Waals surface area contributed by atoms with E-state index in [1.807, 2.05) is 5.32 Å². The summed E-state index contributed by atoms with van der Waals surface area (Å²) < 4.78 is 104. The number of rotatable bonds is 6. The molecule has 1 aromatic carbocycles. The lowest BCUT2D eigenvalue weighted by molar-refractivity contribution is -0.274. The number of alkyl halides is 6. The van der Waals surface area contributed by atoms with Crippen LogP contribution in [-0.2, 0) is 9.84 Å². The Bertz CT molecular complexity index is 1260. The summed E-state index contributed by atoms with van der Waals surface area (Å²) in [7, 11) is -3.43. The highest BCUT2D eigenvalue weighted by atomic mass is 32.2. The lowest BCUT2D eigenvalue weighted by Gasteiger charge is -2.35. The minimum atomic E-state index is -5.17. The second-order valence-electron chi connectivity index (χ2n) is 9.04. The van der Waals surface area contributed by atoms with E-state index in [-0.39, 0.29) is 46.7 Å². The predicted octanol–water partition coefficient (Wildman–Crippen LogP) is 3.31. The maximum Gasteiger partial charge on any atom is 0.573 e. The van der Waals surface area contributed by atoms with E-state index in [2.05, 4.69) is 20.4 Å². The number of aromatic nitrogens is 1. The number of anilines is 1. The van der Waals surface area contributed by atoms with Gasteiger partial charge in [-0.15, -0.1) is 13.2 Å². The second kappa shape index (κ2) is 9.57. The molecule has 2 heterocycles. The molecule has 2 aromatic rings. The highest BCUT2D eigenvalue weighted by Gasteiger charge is 2.40. The maximum absolute atomic E-state index is 13.0. The van der Waals surface area contributed by atoms with Gasteiger partial charge in [0.2, 0.25) is 0 Å². The van der Waals surface area contributed by atoms with E-state index in [4.69, 9.17) is 0 Å². The summed E-state index contributed by atoms with van der Waals surface area (Å²) in [6.07, 6.45) is -9.78. The first-order valence-electron chi connectivity index (χ1n) is 10.6. The lowest BCUT2D eigenvalue weighted by Crippen LogP contribution is -2.58. The van der Waals surface area contributed by atoms with Gasteiger partial charge >= 0.3 is 12.5 Å². The summed E-state index contributed by atoms with van der Waals surface area (Å²) in [6, 6.07) is 2.57. The molecule has 1 aromatic heterocycles. The molecule has 200 valence electrons. The van der Waals surface area contributed by atoms with Crippen molar-refractivity contribution in [2.24, 2.45) is 0 Å². The smallest absolute Gasteiger partial charge is 0.403 e. The molecule has 0 aliphatic carbocycles. The van der Waals surface area contributed by atoms with Crippen LogP contribution < -0.4 is 20.7 Å². The third-order valence-electron chi connectivity index (χ3n) is 5.62. The number of carbonyl (C=O) groups is 1. The topological polar surface area (TPSA) is 109 Å². The number of ether oxygens (including phenoxy) is 1. The molecule has 1 amide bonds. The van der Waals surface area contributed by atoms with Gasteiger partial charge in [-0.3, -0.25) is 4.79 Å². The van der Waals surface area contributed by atoms with Crippen LogP contribution in [0.4, 0.5) is 32.0 Å². The van der Waals surface area contributed by atoms with Crippen LogP contribution in [0.5, 0.6) is 5.75 Å². The number of pyridine rings is 1. The van der Waals surface area contributed by atoms with E-state index in [1.165, 1.54) is 19.1 Å². The molecule has 3 rings (SSSR count). The summed E-state index contributed by atoms with van der Waals surface area (Å²) in [6.45, 7) is 3.21. The quantitative estimate of drug-likeness (QED) is 0.481. The van der Waals surface area contributed by atoms with E-state index in [9.17, 15) is 39.6 Å². The minimum absolute atomic E-state index is 0.0419. The van der Waals surface area contributed by atoms with Gasteiger partial charge in [-0.25, -0.2) is 13.4 Å². The van der Waals surface area contributed by atoms with Gasteiger partial charge in [0.15, 0.2) is 15.6 Å². The van der Waals surface area contributed by atoms with E-state index in [1.54, 1.807) is 13.8 Å². The Morgan fingerprint density at radius 1 is 1.19 bits per heavy atom. The number of fused-ring (bicyclic) bond motifs is 1. The van der Waals surface area contributed by atoms with Crippen LogP contribution in [0.25, 0.3) is 10.9 Å². The third-order valence-corrected chi connectivity index (χ3v) is 8.29. The predicted molar refractivity (Wildman–Crippen MR) is 120 cm³/mol. The Morgan fingerprint density at radius 3 is 2.44 bits per heavy atom. The highest BCUT2D eigenvalue weighted by Crippen LogP contribution is 2.35. The van der Waals surface area contributed by atoms with E-state index >= 15 is 0 Å². The number of sulfone groups is 1. The molecule has 0 spiro atoms. The monoisotopic (exact) mass is 542 g/mol. The van der Waals surface area contributed by atoms with Crippen molar-refractivity contribution in [3.8, 4) is 5.75 Å². The summed E-state index contributed by atoms with van der Waals surface area (Å²) in [5, 5.41) is 7.59. The molecule has 0 radical (unpaired) electrons. The van der Waals surface area contributed by atoms with Crippen LogP contribution in [0, 0.1) is 6.92 Å². The number of amides is 1. The van der Waals surface area contributed by atoms with Crippen LogP contribution in [0.2, 0.25) is 0 Å². The van der Waals surface area contributed by atoms with Crippen molar-refractivity contribution < 1.29 is 44.3 Å². The first-order valence-corrected chi connectivity index (χ1v) is 12.3. The molecular formula is C21H24F6N4O4S. The highest BCUT2D eigenvalue weighted by molar-refractivity contribution is 7.92. The van der Waals surface area contributed by atoms with Crippen molar-refractivity contribution in [2.45, 2.75) is 44.1 Å². The first kappa shape index (κ1) is 27.8. The molecule has 1 unspecified atom stereocenters. The fourth-order valence-corrected chi connectivity index (χ4v) is 5.09. The molecule has 36 heavy (non-hydrogen) atoms. The number of aryl methyl sites for hydroxylation is 1. The van der Waals surface area contributed by atoms with Gasteiger partial charge in [-0.2, -0.15) is 13.2 Å². The number of halogens is 6. The Balaban J connectivity index is 1.88. The molecule has 0 saturated carbocycles. The van der Waals surface area contributed by atoms with Crippen LogP contribution in [-0.4, -0.2) is 68.0 Å². The SMILES string of the molecule is Cc1cc(C(=O)NCC2CS(=O)(=O)C(C)(C)CN2)nc2c(OC(F)(F)F)cc(NCC(F)(F)F)cc12. The molecule has 1 aliphatic rings. The first-order chi connectivity index (χ1) is 16.4.